The van der Waals surface area contributed by atoms with Crippen LogP contribution in [0.5, 0.6) is 0 Å². The van der Waals surface area contributed by atoms with Gasteiger partial charge in [0, 0.05) is 36.0 Å². The van der Waals surface area contributed by atoms with E-state index < -0.39 is 52.7 Å². The predicted octanol–water partition coefficient (Wildman–Crippen LogP) is 6.10. The lowest BCUT2D eigenvalue weighted by atomic mass is 10.0. The van der Waals surface area contributed by atoms with Gasteiger partial charge in [0.1, 0.15) is 11.1 Å². The van der Waals surface area contributed by atoms with Gasteiger partial charge >= 0.3 is 12.1 Å². The predicted molar refractivity (Wildman–Crippen MR) is 128 cm³/mol. The number of thioether (sulfide) groups is 1. The van der Waals surface area contributed by atoms with Gasteiger partial charge in [-0.15, -0.1) is 11.8 Å². The summed E-state index contributed by atoms with van der Waals surface area (Å²) in [5.74, 6) is -3.85. The standard InChI is InChI=1S/C24H28ClF4NO5S/c1-4-16(24(27,28)29)9-22(32)30(14(3)31)19-11-21(17(25)10-18(19)26)36-20(5-2)23(33)35-13-15-7-6-8-34-12-15/h9-11,15,20H,4-8,12-13H2,1-3H3/b16-9+. The van der Waals surface area contributed by atoms with Gasteiger partial charge in [-0.25, -0.2) is 9.29 Å². The van der Waals surface area contributed by atoms with Gasteiger partial charge in [0.05, 0.1) is 23.9 Å². The second-order valence-corrected chi connectivity index (χ2v) is 9.83. The zero-order chi connectivity index (χ0) is 27.0. The number of allylic oxidation sites excluding steroid dienone is 1. The fraction of sp³-hybridized carbons (Fsp3) is 0.542. The first kappa shape index (κ1) is 30.1. The Hall–Kier alpha value is -2.11. The van der Waals surface area contributed by atoms with Crippen molar-refractivity contribution in [2.24, 2.45) is 5.92 Å². The number of imide groups is 1. The molecule has 2 amide bonds. The van der Waals surface area contributed by atoms with Gasteiger partial charge < -0.3 is 9.47 Å². The lowest BCUT2D eigenvalue weighted by Crippen LogP contribution is -2.35. The topological polar surface area (TPSA) is 72.9 Å². The van der Waals surface area contributed by atoms with Crippen LogP contribution in [-0.4, -0.2) is 49.0 Å². The Balaban J connectivity index is 2.29. The molecule has 1 heterocycles. The van der Waals surface area contributed by atoms with Crippen LogP contribution in [0.15, 0.2) is 28.7 Å². The number of amides is 2. The number of nitrogens with zero attached hydrogens (tertiary/aromatic N) is 1. The summed E-state index contributed by atoms with van der Waals surface area (Å²) in [6.45, 7) is 5.23. The molecule has 0 saturated carbocycles. The van der Waals surface area contributed by atoms with E-state index in [9.17, 15) is 31.9 Å². The summed E-state index contributed by atoms with van der Waals surface area (Å²) in [6.07, 6.45) is -2.95. The van der Waals surface area contributed by atoms with Crippen LogP contribution in [0.25, 0.3) is 0 Å². The molecule has 2 rings (SSSR count). The van der Waals surface area contributed by atoms with E-state index in [2.05, 4.69) is 0 Å². The third-order valence-electron chi connectivity index (χ3n) is 5.44. The Morgan fingerprint density at radius 1 is 1.31 bits per heavy atom. The minimum atomic E-state index is -4.79. The number of ether oxygens (including phenoxy) is 2. The van der Waals surface area contributed by atoms with Crippen molar-refractivity contribution in [3.8, 4) is 0 Å². The van der Waals surface area contributed by atoms with Gasteiger partial charge in [-0.1, -0.05) is 25.4 Å². The number of anilines is 1. The van der Waals surface area contributed by atoms with E-state index in [-0.39, 0.29) is 28.5 Å². The molecule has 1 aromatic rings. The van der Waals surface area contributed by atoms with Gasteiger partial charge in [-0.05, 0) is 37.8 Å². The van der Waals surface area contributed by atoms with E-state index >= 15 is 0 Å². The molecule has 0 bridgehead atoms. The molecule has 0 radical (unpaired) electrons. The maximum Gasteiger partial charge on any atom is 0.412 e. The van der Waals surface area contributed by atoms with Crippen molar-refractivity contribution in [1.82, 2.24) is 0 Å². The Bertz CT molecular complexity index is 995. The summed E-state index contributed by atoms with van der Waals surface area (Å²) in [5.41, 5.74) is -1.74. The molecule has 36 heavy (non-hydrogen) atoms. The molecule has 2 atom stereocenters. The summed E-state index contributed by atoms with van der Waals surface area (Å²) >= 11 is 7.11. The highest BCUT2D eigenvalue weighted by Gasteiger charge is 2.34. The van der Waals surface area contributed by atoms with Crippen LogP contribution in [0, 0.1) is 11.7 Å². The average Bonchev–Trinajstić information content (AvgIpc) is 2.81. The number of carbonyl (C=O) groups excluding carboxylic acids is 3. The minimum absolute atomic E-state index is 0.0933. The molecular weight excluding hydrogens is 526 g/mol. The molecule has 2 unspecified atom stereocenters. The van der Waals surface area contributed by atoms with E-state index in [1.54, 1.807) is 6.92 Å². The first-order valence-corrected chi connectivity index (χ1v) is 12.7. The molecule has 1 saturated heterocycles. The zero-order valence-corrected chi connectivity index (χ0v) is 21.7. The van der Waals surface area contributed by atoms with Crippen LogP contribution in [-0.2, 0) is 23.9 Å². The molecule has 6 nitrogen and oxygen atoms in total. The zero-order valence-electron chi connectivity index (χ0n) is 20.1. The summed E-state index contributed by atoms with van der Waals surface area (Å²) in [6, 6.07) is 1.91. The fourth-order valence-corrected chi connectivity index (χ4v) is 4.78. The van der Waals surface area contributed by atoms with E-state index in [1.165, 1.54) is 6.92 Å². The molecule has 12 heteroatoms. The van der Waals surface area contributed by atoms with Gasteiger partial charge in [0.2, 0.25) is 5.91 Å². The molecule has 0 aliphatic carbocycles. The molecule has 200 valence electrons. The van der Waals surface area contributed by atoms with Crippen LogP contribution in [0.1, 0.15) is 46.5 Å². The molecule has 0 aromatic heterocycles. The van der Waals surface area contributed by atoms with Gasteiger partial charge in [0.15, 0.2) is 0 Å². The third kappa shape index (κ3) is 8.21. The quantitative estimate of drug-likeness (QED) is 0.159. The fourth-order valence-electron chi connectivity index (χ4n) is 3.50. The van der Waals surface area contributed by atoms with Gasteiger partial charge in [-0.3, -0.25) is 14.4 Å². The summed E-state index contributed by atoms with van der Waals surface area (Å²) in [4.78, 5) is 37.9. The normalized spacial score (nSPS) is 17.4. The van der Waals surface area contributed by atoms with Crippen molar-refractivity contribution in [1.29, 1.82) is 0 Å². The minimum Gasteiger partial charge on any atom is -0.464 e. The van der Waals surface area contributed by atoms with E-state index in [0.717, 1.165) is 43.7 Å². The number of benzene rings is 1. The number of carbonyl (C=O) groups is 3. The Morgan fingerprint density at radius 2 is 2.00 bits per heavy atom. The van der Waals surface area contributed by atoms with Crippen molar-refractivity contribution >= 4 is 46.8 Å². The Labute approximate surface area is 216 Å². The van der Waals surface area contributed by atoms with Crippen LogP contribution in [0.4, 0.5) is 23.2 Å². The summed E-state index contributed by atoms with van der Waals surface area (Å²) < 4.78 is 64.9. The lowest BCUT2D eigenvalue weighted by molar-refractivity contribution is -0.145. The van der Waals surface area contributed by atoms with E-state index in [1.807, 2.05) is 0 Å². The van der Waals surface area contributed by atoms with Crippen LogP contribution in [0.2, 0.25) is 5.02 Å². The lowest BCUT2D eigenvalue weighted by Gasteiger charge is -2.23. The SMILES string of the molecule is CC/C(=C\C(=O)N(C(C)=O)c1cc(SC(CC)C(=O)OCC2CCCOC2)c(Cl)cc1F)C(F)(F)F. The Morgan fingerprint density at radius 3 is 2.53 bits per heavy atom. The second-order valence-electron chi connectivity index (χ2n) is 8.18. The largest absolute Gasteiger partial charge is 0.464 e. The Kier molecular flexibility index (Phi) is 11.2. The first-order chi connectivity index (χ1) is 16.9. The molecule has 0 N–H and O–H groups in total. The highest BCUT2D eigenvalue weighted by atomic mass is 35.5. The van der Waals surface area contributed by atoms with Crippen molar-refractivity contribution < 1.29 is 41.4 Å². The second kappa shape index (κ2) is 13.4. The maximum absolute atomic E-state index is 14.8. The number of alkyl halides is 3. The number of hydrogen-bond acceptors (Lipinski definition) is 6. The number of esters is 1. The third-order valence-corrected chi connectivity index (χ3v) is 7.27. The number of rotatable bonds is 9. The van der Waals surface area contributed by atoms with Crippen LogP contribution >= 0.6 is 23.4 Å². The van der Waals surface area contributed by atoms with Crippen molar-refractivity contribution in [2.45, 2.75) is 62.8 Å². The van der Waals surface area contributed by atoms with Crippen LogP contribution in [0.3, 0.4) is 0 Å². The van der Waals surface area contributed by atoms with Gasteiger partial charge in [-0.2, -0.15) is 13.2 Å². The van der Waals surface area contributed by atoms with Crippen molar-refractivity contribution in [3.05, 3.63) is 34.6 Å². The van der Waals surface area contributed by atoms with Crippen molar-refractivity contribution in [2.75, 3.05) is 24.7 Å². The highest BCUT2D eigenvalue weighted by molar-refractivity contribution is 8.00. The maximum atomic E-state index is 14.8. The average molecular weight is 554 g/mol. The molecule has 1 aliphatic heterocycles. The van der Waals surface area contributed by atoms with E-state index in [4.69, 9.17) is 21.1 Å². The molecule has 1 aliphatic rings. The van der Waals surface area contributed by atoms with Gasteiger partial charge in [0.25, 0.3) is 5.91 Å². The van der Waals surface area contributed by atoms with Crippen LogP contribution < -0.4 is 4.90 Å². The molecule has 1 fully saturated rings. The summed E-state index contributed by atoms with van der Waals surface area (Å²) in [7, 11) is 0. The monoisotopic (exact) mass is 553 g/mol. The number of halogens is 5. The summed E-state index contributed by atoms with van der Waals surface area (Å²) in [5, 5.41) is -0.826. The van der Waals surface area contributed by atoms with Crippen molar-refractivity contribution in [3.63, 3.8) is 0 Å². The van der Waals surface area contributed by atoms with E-state index in [0.29, 0.717) is 24.5 Å². The molecule has 1 aromatic carbocycles. The number of hydrogen-bond donors (Lipinski definition) is 0. The molecule has 0 spiro atoms. The smallest absolute Gasteiger partial charge is 0.412 e. The first-order valence-electron chi connectivity index (χ1n) is 11.4. The highest BCUT2D eigenvalue weighted by Crippen LogP contribution is 2.37. The molecular formula is C24H28ClF4NO5S.